The first-order chi connectivity index (χ1) is 5.58. The molecule has 0 radical (unpaired) electrons. The van der Waals surface area contributed by atoms with Crippen LogP contribution in [0.2, 0.25) is 0 Å². The van der Waals surface area contributed by atoms with Gasteiger partial charge in [-0.05, 0) is 43.9 Å². The number of nitrogens with one attached hydrogen (secondary N) is 2. The van der Waals surface area contributed by atoms with E-state index in [9.17, 15) is 0 Å². The van der Waals surface area contributed by atoms with Crippen LogP contribution in [0, 0.1) is 11.3 Å². The minimum absolute atomic E-state index is 0.428. The molecule has 0 aromatic carbocycles. The highest BCUT2D eigenvalue weighted by molar-refractivity contribution is 4.75. The van der Waals surface area contributed by atoms with Crippen molar-refractivity contribution in [1.82, 2.24) is 10.6 Å². The normalized spacial score (nSPS) is 19.2. The molecule has 0 bridgehead atoms. The molecule has 12 heavy (non-hydrogen) atoms. The monoisotopic (exact) mass is 170 g/mol. The zero-order valence-electron chi connectivity index (χ0n) is 8.61. The van der Waals surface area contributed by atoms with E-state index < -0.39 is 0 Å². The third-order valence-corrected chi connectivity index (χ3v) is 2.25. The first-order valence-electron chi connectivity index (χ1n) is 4.99. The van der Waals surface area contributed by atoms with Crippen molar-refractivity contribution in [2.45, 2.75) is 27.2 Å². The summed E-state index contributed by atoms with van der Waals surface area (Å²) in [7, 11) is 0. The molecule has 0 unspecified atom stereocenters. The van der Waals surface area contributed by atoms with E-state index in [0.717, 1.165) is 12.5 Å². The van der Waals surface area contributed by atoms with Gasteiger partial charge >= 0.3 is 0 Å². The van der Waals surface area contributed by atoms with Gasteiger partial charge in [0, 0.05) is 0 Å². The first-order valence-corrected chi connectivity index (χ1v) is 4.99. The van der Waals surface area contributed by atoms with Crippen molar-refractivity contribution < 1.29 is 0 Å². The molecule has 1 heterocycles. The molecule has 2 heteroatoms. The summed E-state index contributed by atoms with van der Waals surface area (Å²) >= 11 is 0. The Morgan fingerprint density at radius 2 is 2.00 bits per heavy atom. The predicted molar refractivity (Wildman–Crippen MR) is 53.3 cm³/mol. The number of rotatable bonds is 4. The fourth-order valence-corrected chi connectivity index (χ4v) is 1.32. The molecule has 1 fully saturated rings. The molecule has 0 aromatic rings. The van der Waals surface area contributed by atoms with Crippen molar-refractivity contribution in [3.05, 3.63) is 0 Å². The second kappa shape index (κ2) is 4.24. The molecule has 0 aromatic heterocycles. The van der Waals surface area contributed by atoms with Crippen molar-refractivity contribution in [3.63, 3.8) is 0 Å². The largest absolute Gasteiger partial charge is 0.316 e. The van der Waals surface area contributed by atoms with Gasteiger partial charge in [0.1, 0.15) is 0 Å². The van der Waals surface area contributed by atoms with Crippen LogP contribution < -0.4 is 10.6 Å². The Hall–Kier alpha value is -0.0800. The number of hydrogen-bond acceptors (Lipinski definition) is 2. The fourth-order valence-electron chi connectivity index (χ4n) is 1.32. The van der Waals surface area contributed by atoms with Crippen LogP contribution in [0.15, 0.2) is 0 Å². The van der Waals surface area contributed by atoms with Crippen LogP contribution in [0.4, 0.5) is 0 Å². The minimum Gasteiger partial charge on any atom is -0.316 e. The van der Waals surface area contributed by atoms with E-state index >= 15 is 0 Å². The topological polar surface area (TPSA) is 24.1 Å². The molecule has 2 N–H and O–H groups in total. The highest BCUT2D eigenvalue weighted by atomic mass is 15.0. The average Bonchev–Trinajstić information content (AvgIpc) is 1.80. The van der Waals surface area contributed by atoms with Crippen molar-refractivity contribution in [3.8, 4) is 0 Å². The molecule has 72 valence electrons. The van der Waals surface area contributed by atoms with E-state index in [4.69, 9.17) is 0 Å². The molecule has 0 atom stereocenters. The van der Waals surface area contributed by atoms with E-state index in [1.54, 1.807) is 0 Å². The maximum Gasteiger partial charge on any atom is -0.0000123 e. The molecule has 1 aliphatic rings. The summed E-state index contributed by atoms with van der Waals surface area (Å²) in [6.07, 6.45) is 1.34. The fraction of sp³-hybridized carbons (Fsp3) is 1.00. The van der Waals surface area contributed by atoms with Crippen LogP contribution in [0.25, 0.3) is 0 Å². The molecular weight excluding hydrogens is 148 g/mol. The van der Waals surface area contributed by atoms with Gasteiger partial charge in [-0.2, -0.15) is 0 Å². The minimum atomic E-state index is 0.428. The van der Waals surface area contributed by atoms with E-state index in [1.807, 2.05) is 0 Å². The lowest BCUT2D eigenvalue weighted by Crippen LogP contribution is -2.43. The third-order valence-electron chi connectivity index (χ3n) is 2.25. The average molecular weight is 170 g/mol. The molecule has 0 aliphatic carbocycles. The van der Waals surface area contributed by atoms with Gasteiger partial charge < -0.3 is 10.6 Å². The Balaban J connectivity index is 1.88. The van der Waals surface area contributed by atoms with Gasteiger partial charge in [0.15, 0.2) is 0 Å². The van der Waals surface area contributed by atoms with Crippen molar-refractivity contribution >= 4 is 0 Å². The Kier molecular flexibility index (Phi) is 3.53. The van der Waals surface area contributed by atoms with Gasteiger partial charge in [-0.15, -0.1) is 0 Å². The zero-order valence-corrected chi connectivity index (χ0v) is 8.61. The third kappa shape index (κ3) is 4.07. The quantitative estimate of drug-likeness (QED) is 0.620. The zero-order chi connectivity index (χ0) is 9.03. The Labute approximate surface area is 76.1 Å². The lowest BCUT2D eigenvalue weighted by Gasteiger charge is -2.27. The van der Waals surface area contributed by atoms with Gasteiger partial charge in [-0.3, -0.25) is 0 Å². The van der Waals surface area contributed by atoms with Gasteiger partial charge in [-0.1, -0.05) is 20.8 Å². The highest BCUT2D eigenvalue weighted by Gasteiger charge is 2.16. The lowest BCUT2D eigenvalue weighted by atomic mass is 9.96. The second-order valence-corrected chi connectivity index (χ2v) is 5.05. The molecule has 0 amide bonds. The molecule has 1 rings (SSSR count). The van der Waals surface area contributed by atoms with Crippen LogP contribution in [-0.4, -0.2) is 26.2 Å². The molecule has 2 nitrogen and oxygen atoms in total. The standard InChI is InChI=1S/C10H22N2/c1-10(2,3)8-11-5-4-9-6-12-7-9/h9,11-12H,4-8H2,1-3H3. The van der Waals surface area contributed by atoms with E-state index in [0.29, 0.717) is 5.41 Å². The summed E-state index contributed by atoms with van der Waals surface area (Å²) in [5, 5.41) is 6.79. The summed E-state index contributed by atoms with van der Waals surface area (Å²) in [5.74, 6) is 0.942. The van der Waals surface area contributed by atoms with Crippen molar-refractivity contribution in [2.24, 2.45) is 11.3 Å². The van der Waals surface area contributed by atoms with Crippen LogP contribution in [0.3, 0.4) is 0 Å². The molecular formula is C10H22N2. The SMILES string of the molecule is CC(C)(C)CNCCC1CNC1. The molecule has 1 saturated heterocycles. The van der Waals surface area contributed by atoms with Crippen molar-refractivity contribution in [1.29, 1.82) is 0 Å². The lowest BCUT2D eigenvalue weighted by molar-refractivity contribution is 0.309. The van der Waals surface area contributed by atoms with Crippen LogP contribution >= 0.6 is 0 Å². The van der Waals surface area contributed by atoms with Gasteiger partial charge in [0.2, 0.25) is 0 Å². The summed E-state index contributed by atoms with van der Waals surface area (Å²) in [4.78, 5) is 0. The predicted octanol–water partition coefficient (Wildman–Crippen LogP) is 1.23. The first kappa shape index (κ1) is 10.0. The molecule has 0 spiro atoms. The summed E-state index contributed by atoms with van der Waals surface area (Å²) in [6.45, 7) is 11.6. The van der Waals surface area contributed by atoms with E-state index in [-0.39, 0.29) is 0 Å². The van der Waals surface area contributed by atoms with Crippen LogP contribution in [0.5, 0.6) is 0 Å². The van der Waals surface area contributed by atoms with E-state index in [1.165, 1.54) is 26.1 Å². The highest BCUT2D eigenvalue weighted by Crippen LogP contribution is 2.11. The molecule has 0 saturated carbocycles. The van der Waals surface area contributed by atoms with Crippen LogP contribution in [0.1, 0.15) is 27.2 Å². The Bertz CT molecular complexity index is 122. The van der Waals surface area contributed by atoms with Gasteiger partial charge in [-0.25, -0.2) is 0 Å². The van der Waals surface area contributed by atoms with E-state index in [2.05, 4.69) is 31.4 Å². The van der Waals surface area contributed by atoms with Crippen molar-refractivity contribution in [2.75, 3.05) is 26.2 Å². The smallest absolute Gasteiger partial charge is 0.0000123 e. The molecule has 1 aliphatic heterocycles. The summed E-state index contributed by atoms with van der Waals surface area (Å²) < 4.78 is 0. The Morgan fingerprint density at radius 1 is 1.33 bits per heavy atom. The summed E-state index contributed by atoms with van der Waals surface area (Å²) in [5.41, 5.74) is 0.428. The Morgan fingerprint density at radius 3 is 2.42 bits per heavy atom. The number of hydrogen-bond donors (Lipinski definition) is 2. The van der Waals surface area contributed by atoms with Crippen LogP contribution in [-0.2, 0) is 0 Å². The van der Waals surface area contributed by atoms with Gasteiger partial charge in [0.25, 0.3) is 0 Å². The van der Waals surface area contributed by atoms with Gasteiger partial charge in [0.05, 0.1) is 0 Å². The summed E-state index contributed by atoms with van der Waals surface area (Å²) in [6, 6.07) is 0. The maximum absolute atomic E-state index is 3.50. The maximum atomic E-state index is 3.50. The second-order valence-electron chi connectivity index (χ2n) is 5.05.